The number of carbonyl (C=O) groups excluding carboxylic acids is 1. The van der Waals surface area contributed by atoms with Gasteiger partial charge < -0.3 is 5.32 Å². The Kier molecular flexibility index (Phi) is 5.27. The van der Waals surface area contributed by atoms with Crippen molar-refractivity contribution in [1.29, 1.82) is 0 Å². The number of amides is 2. The number of rotatable bonds is 4. The lowest BCUT2D eigenvalue weighted by Crippen LogP contribution is -2.35. The number of nitrogens with one attached hydrogen (secondary N) is 2. The van der Waals surface area contributed by atoms with Crippen LogP contribution in [0, 0.1) is 0 Å². The number of anilines is 1. The number of alkyl halides is 3. The third-order valence-corrected chi connectivity index (χ3v) is 6.91. The minimum atomic E-state index is -4.78. The lowest BCUT2D eigenvalue weighted by Gasteiger charge is -2.16. The van der Waals surface area contributed by atoms with E-state index in [-0.39, 0.29) is 0 Å². The van der Waals surface area contributed by atoms with E-state index in [0.717, 1.165) is 60.8 Å². The molecule has 0 saturated heterocycles. The van der Waals surface area contributed by atoms with Crippen LogP contribution in [0.3, 0.4) is 0 Å². The average Bonchev–Trinajstić information content (AvgIpc) is 3.39. The van der Waals surface area contributed by atoms with Gasteiger partial charge in [-0.15, -0.1) is 0 Å². The Morgan fingerprint density at radius 2 is 1.65 bits per heavy atom. The number of nitrogens with zero attached hydrogens (tertiary/aromatic N) is 2. The molecule has 0 unspecified atom stereocenters. The van der Waals surface area contributed by atoms with Gasteiger partial charge in [0.1, 0.15) is 5.69 Å². The molecule has 1 aromatic carbocycles. The number of halogens is 3. The average molecular weight is 456 g/mol. The van der Waals surface area contributed by atoms with Gasteiger partial charge in [0.05, 0.1) is 0 Å². The smallest absolute Gasteiger partial charge is 0.307 e. The standard InChI is InChI=1S/C20H23F3N4O3S/c1-11(2)27-16(20(21,22)23)10-17(25-27)31(29,30)26-19(28)24-18-14-7-3-5-12(14)9-13-6-4-8-15(13)18/h9-11H,3-8H2,1-2H3,(H2,24,26,28). The Balaban J connectivity index is 1.60. The molecule has 4 rings (SSSR count). The molecule has 2 aliphatic carbocycles. The third-order valence-electron chi connectivity index (χ3n) is 5.71. The van der Waals surface area contributed by atoms with Crippen molar-refractivity contribution < 1.29 is 26.4 Å². The van der Waals surface area contributed by atoms with Gasteiger partial charge in [-0.2, -0.15) is 26.7 Å². The topological polar surface area (TPSA) is 93.1 Å². The Morgan fingerprint density at radius 1 is 1.06 bits per heavy atom. The highest BCUT2D eigenvalue weighted by Gasteiger charge is 2.38. The molecule has 2 aromatic rings. The predicted octanol–water partition coefficient (Wildman–Crippen LogP) is 3.97. The number of hydrogen-bond donors (Lipinski definition) is 2. The molecule has 168 valence electrons. The number of fused-ring (bicyclic) bond motifs is 2. The first-order chi connectivity index (χ1) is 14.5. The quantitative estimate of drug-likeness (QED) is 0.728. The monoisotopic (exact) mass is 456 g/mol. The van der Waals surface area contributed by atoms with E-state index in [1.807, 2.05) is 4.72 Å². The molecule has 2 aliphatic rings. The number of urea groups is 1. The zero-order chi connectivity index (χ0) is 22.6. The zero-order valence-electron chi connectivity index (χ0n) is 17.1. The summed E-state index contributed by atoms with van der Waals surface area (Å²) in [5.74, 6) is 0. The van der Waals surface area contributed by atoms with Crippen molar-refractivity contribution in [3.8, 4) is 0 Å². The highest BCUT2D eigenvalue weighted by atomic mass is 32.2. The van der Waals surface area contributed by atoms with Crippen LogP contribution in [0.1, 0.15) is 60.7 Å². The van der Waals surface area contributed by atoms with Gasteiger partial charge in [-0.05, 0) is 74.6 Å². The lowest BCUT2D eigenvalue weighted by atomic mass is 9.99. The highest BCUT2D eigenvalue weighted by Crippen LogP contribution is 2.38. The predicted molar refractivity (Wildman–Crippen MR) is 107 cm³/mol. The Labute approximate surface area is 178 Å². The minimum absolute atomic E-state index is 0.438. The van der Waals surface area contributed by atoms with Gasteiger partial charge >= 0.3 is 12.2 Å². The molecule has 7 nitrogen and oxygen atoms in total. The largest absolute Gasteiger partial charge is 0.433 e. The van der Waals surface area contributed by atoms with Crippen molar-refractivity contribution in [1.82, 2.24) is 14.5 Å². The molecule has 31 heavy (non-hydrogen) atoms. The van der Waals surface area contributed by atoms with E-state index >= 15 is 0 Å². The van der Waals surface area contributed by atoms with Crippen LogP contribution >= 0.6 is 0 Å². The minimum Gasteiger partial charge on any atom is -0.307 e. The van der Waals surface area contributed by atoms with Crippen molar-refractivity contribution in [2.24, 2.45) is 0 Å². The molecule has 1 heterocycles. The van der Waals surface area contributed by atoms with Crippen molar-refractivity contribution in [3.05, 3.63) is 40.1 Å². The first kappa shape index (κ1) is 21.7. The van der Waals surface area contributed by atoms with Crippen LogP contribution in [0.5, 0.6) is 0 Å². The van der Waals surface area contributed by atoms with Gasteiger partial charge in [0.2, 0.25) is 0 Å². The molecular formula is C20H23F3N4O3S. The maximum absolute atomic E-state index is 13.3. The van der Waals surface area contributed by atoms with E-state index in [0.29, 0.717) is 16.4 Å². The second kappa shape index (κ2) is 7.54. The normalized spacial score (nSPS) is 15.8. The summed E-state index contributed by atoms with van der Waals surface area (Å²) in [6.45, 7) is 2.91. The van der Waals surface area contributed by atoms with Crippen LogP contribution in [0.15, 0.2) is 17.2 Å². The van der Waals surface area contributed by atoms with Crippen LogP contribution in [-0.2, 0) is 41.9 Å². The molecular weight excluding hydrogens is 433 g/mol. The molecule has 0 bridgehead atoms. The van der Waals surface area contributed by atoms with E-state index < -0.39 is 39.0 Å². The zero-order valence-corrected chi connectivity index (χ0v) is 18.0. The van der Waals surface area contributed by atoms with Crippen LogP contribution in [0.2, 0.25) is 0 Å². The molecule has 2 N–H and O–H groups in total. The van der Waals surface area contributed by atoms with Gasteiger partial charge in [0.25, 0.3) is 10.0 Å². The summed E-state index contributed by atoms with van der Waals surface area (Å²) in [6.07, 6.45) is 0.531. The van der Waals surface area contributed by atoms with Crippen molar-refractivity contribution in [3.63, 3.8) is 0 Å². The van der Waals surface area contributed by atoms with E-state index in [1.165, 1.54) is 13.8 Å². The fourth-order valence-electron chi connectivity index (χ4n) is 4.39. The number of carbonyl (C=O) groups is 1. The fourth-order valence-corrected chi connectivity index (χ4v) is 5.25. The van der Waals surface area contributed by atoms with Gasteiger partial charge in [0, 0.05) is 17.8 Å². The van der Waals surface area contributed by atoms with Gasteiger partial charge in [-0.1, -0.05) is 6.07 Å². The van der Waals surface area contributed by atoms with E-state index in [9.17, 15) is 26.4 Å². The van der Waals surface area contributed by atoms with Crippen molar-refractivity contribution >= 4 is 21.7 Å². The number of hydrogen-bond acceptors (Lipinski definition) is 4. The summed E-state index contributed by atoms with van der Waals surface area (Å²) in [5.41, 5.74) is 3.78. The second-order valence-electron chi connectivity index (χ2n) is 8.20. The van der Waals surface area contributed by atoms with E-state index in [1.54, 1.807) is 0 Å². The number of aromatic nitrogens is 2. The summed E-state index contributed by atoms with van der Waals surface area (Å²) >= 11 is 0. The Bertz CT molecular complexity index is 1120. The third kappa shape index (κ3) is 4.02. The van der Waals surface area contributed by atoms with Crippen LogP contribution < -0.4 is 10.0 Å². The van der Waals surface area contributed by atoms with Gasteiger partial charge in [0.15, 0.2) is 5.03 Å². The maximum Gasteiger partial charge on any atom is 0.433 e. The van der Waals surface area contributed by atoms with Crippen LogP contribution in [0.25, 0.3) is 0 Å². The first-order valence-corrected chi connectivity index (χ1v) is 11.6. The highest BCUT2D eigenvalue weighted by molar-refractivity contribution is 7.90. The molecule has 0 spiro atoms. The molecule has 2 amide bonds. The van der Waals surface area contributed by atoms with E-state index in [2.05, 4.69) is 16.5 Å². The Hall–Kier alpha value is -2.56. The van der Waals surface area contributed by atoms with Gasteiger partial charge in [-0.25, -0.2) is 9.52 Å². The molecule has 1 aromatic heterocycles. The summed E-state index contributed by atoms with van der Waals surface area (Å²) in [6, 6.07) is 0.876. The first-order valence-electron chi connectivity index (χ1n) is 10.1. The SMILES string of the molecule is CC(C)n1nc(S(=O)(=O)NC(=O)Nc2c3c(cc4c2CCC4)CCC3)cc1C(F)(F)F. The number of benzene rings is 1. The molecule has 0 atom stereocenters. The fraction of sp³-hybridized carbons (Fsp3) is 0.500. The molecule has 11 heteroatoms. The summed E-state index contributed by atoms with van der Waals surface area (Å²) in [7, 11) is -4.60. The summed E-state index contributed by atoms with van der Waals surface area (Å²) in [4.78, 5) is 12.6. The van der Waals surface area contributed by atoms with Crippen LogP contribution in [0.4, 0.5) is 23.7 Å². The van der Waals surface area contributed by atoms with Crippen molar-refractivity contribution in [2.45, 2.75) is 69.6 Å². The van der Waals surface area contributed by atoms with E-state index in [4.69, 9.17) is 0 Å². The Morgan fingerprint density at radius 3 is 2.13 bits per heavy atom. The lowest BCUT2D eigenvalue weighted by molar-refractivity contribution is -0.144. The van der Waals surface area contributed by atoms with Crippen molar-refractivity contribution in [2.75, 3.05) is 5.32 Å². The van der Waals surface area contributed by atoms with Crippen LogP contribution in [-0.4, -0.2) is 24.2 Å². The maximum atomic E-state index is 13.3. The molecule has 0 radical (unpaired) electrons. The molecule has 0 aliphatic heterocycles. The molecule has 0 fully saturated rings. The summed E-state index contributed by atoms with van der Waals surface area (Å²) < 4.78 is 67.4. The number of aryl methyl sites for hydroxylation is 2. The number of sulfonamides is 1. The molecule has 0 saturated carbocycles. The van der Waals surface area contributed by atoms with Gasteiger partial charge in [-0.3, -0.25) is 4.68 Å². The summed E-state index contributed by atoms with van der Waals surface area (Å²) in [5, 5.41) is 5.39. The second-order valence-corrected chi connectivity index (χ2v) is 9.83.